The van der Waals surface area contributed by atoms with Gasteiger partial charge in [-0.2, -0.15) is 0 Å². The smallest absolute Gasteiger partial charge is 0.0852 e. The Balaban J connectivity index is 3.21. The van der Waals surface area contributed by atoms with Gasteiger partial charge in [-0.1, -0.05) is 71.1 Å². The van der Waals surface area contributed by atoms with Crippen molar-refractivity contribution < 1.29 is 9.84 Å². The first kappa shape index (κ1) is 18.9. The van der Waals surface area contributed by atoms with E-state index in [1.807, 2.05) is 13.8 Å². The monoisotopic (exact) mass is 272 g/mol. The van der Waals surface area contributed by atoms with Crippen molar-refractivity contribution in [2.24, 2.45) is 0 Å². The summed E-state index contributed by atoms with van der Waals surface area (Å²) in [5.41, 5.74) is -0.629. The quantitative estimate of drug-likeness (QED) is 0.447. The summed E-state index contributed by atoms with van der Waals surface area (Å²) in [7, 11) is 0. The second-order valence-electron chi connectivity index (χ2n) is 6.07. The lowest BCUT2D eigenvalue weighted by molar-refractivity contribution is -0.0369. The molecule has 0 aromatic carbocycles. The zero-order valence-electron chi connectivity index (χ0n) is 13.5. The summed E-state index contributed by atoms with van der Waals surface area (Å²) < 4.78 is 5.29. The van der Waals surface area contributed by atoms with Gasteiger partial charge in [0.1, 0.15) is 0 Å². The molecule has 0 aromatic rings. The normalized spacial score (nSPS) is 14.5. The Bertz CT molecular complexity index is 178. The molecule has 1 unspecified atom stereocenters. The Morgan fingerprint density at radius 2 is 1.26 bits per heavy atom. The fourth-order valence-corrected chi connectivity index (χ4v) is 2.39. The van der Waals surface area contributed by atoms with Crippen LogP contribution in [0.5, 0.6) is 0 Å². The zero-order valence-corrected chi connectivity index (χ0v) is 13.5. The van der Waals surface area contributed by atoms with Gasteiger partial charge in [0.05, 0.1) is 12.2 Å². The van der Waals surface area contributed by atoms with Gasteiger partial charge in [0.15, 0.2) is 0 Å². The van der Waals surface area contributed by atoms with Crippen molar-refractivity contribution in [3.8, 4) is 0 Å². The van der Waals surface area contributed by atoms with Crippen LogP contribution < -0.4 is 0 Å². The second-order valence-corrected chi connectivity index (χ2v) is 6.07. The molecule has 1 atom stereocenters. The highest BCUT2D eigenvalue weighted by molar-refractivity contribution is 4.71. The molecule has 0 saturated carbocycles. The molecule has 19 heavy (non-hydrogen) atoms. The van der Waals surface area contributed by atoms with Gasteiger partial charge in [0.25, 0.3) is 0 Å². The van der Waals surface area contributed by atoms with E-state index in [2.05, 4.69) is 6.92 Å². The Labute approximate surface area is 120 Å². The van der Waals surface area contributed by atoms with E-state index in [0.717, 1.165) is 12.8 Å². The topological polar surface area (TPSA) is 29.5 Å². The van der Waals surface area contributed by atoms with Crippen LogP contribution in [0, 0.1) is 0 Å². The second kappa shape index (κ2) is 12.9. The molecule has 0 radical (unpaired) electrons. The number of rotatable bonds is 14. The van der Waals surface area contributed by atoms with Gasteiger partial charge in [-0.15, -0.1) is 0 Å². The van der Waals surface area contributed by atoms with Gasteiger partial charge < -0.3 is 9.84 Å². The van der Waals surface area contributed by atoms with E-state index >= 15 is 0 Å². The lowest BCUT2D eigenvalue weighted by Crippen LogP contribution is -2.30. The first-order valence-corrected chi connectivity index (χ1v) is 8.42. The fourth-order valence-electron chi connectivity index (χ4n) is 2.39. The highest BCUT2D eigenvalue weighted by atomic mass is 16.5. The molecule has 0 amide bonds. The van der Waals surface area contributed by atoms with E-state index < -0.39 is 5.60 Å². The molecule has 2 heteroatoms. The Hall–Kier alpha value is -0.0800. The average molecular weight is 272 g/mol. The lowest BCUT2D eigenvalue weighted by Gasteiger charge is -2.22. The van der Waals surface area contributed by atoms with Crippen LogP contribution in [0.3, 0.4) is 0 Å². The highest BCUT2D eigenvalue weighted by Crippen LogP contribution is 2.17. The van der Waals surface area contributed by atoms with Crippen LogP contribution in [0.1, 0.15) is 91.4 Å². The summed E-state index contributed by atoms with van der Waals surface area (Å²) in [6.45, 7) is 7.28. The van der Waals surface area contributed by atoms with Crippen LogP contribution in [0.15, 0.2) is 0 Å². The molecule has 0 rings (SSSR count). The van der Waals surface area contributed by atoms with Crippen LogP contribution in [0.4, 0.5) is 0 Å². The lowest BCUT2D eigenvalue weighted by atomic mass is 9.98. The third kappa shape index (κ3) is 14.1. The summed E-state index contributed by atoms with van der Waals surface area (Å²) in [5, 5.41) is 10.0. The Kier molecular flexibility index (Phi) is 12.9. The van der Waals surface area contributed by atoms with Crippen LogP contribution in [-0.4, -0.2) is 23.9 Å². The zero-order chi connectivity index (χ0) is 14.4. The Morgan fingerprint density at radius 3 is 1.74 bits per heavy atom. The number of hydrogen-bond donors (Lipinski definition) is 1. The molecule has 1 N–H and O–H groups in total. The van der Waals surface area contributed by atoms with Gasteiger partial charge in [-0.25, -0.2) is 0 Å². The summed E-state index contributed by atoms with van der Waals surface area (Å²) in [4.78, 5) is 0. The molecule has 0 spiro atoms. The standard InChI is InChI=1S/C17H36O2/c1-4-6-7-8-9-10-11-12-13-14-15-17(3,18)16-19-5-2/h18H,4-16H2,1-3H3. The van der Waals surface area contributed by atoms with Crippen LogP contribution in [0.2, 0.25) is 0 Å². The summed E-state index contributed by atoms with van der Waals surface area (Å²) in [6, 6.07) is 0. The van der Waals surface area contributed by atoms with Crippen molar-refractivity contribution in [2.75, 3.05) is 13.2 Å². The van der Waals surface area contributed by atoms with Crippen molar-refractivity contribution in [3.63, 3.8) is 0 Å². The third-order valence-corrected chi connectivity index (χ3v) is 3.69. The molecule has 0 aromatic heterocycles. The maximum Gasteiger partial charge on any atom is 0.0852 e. The fraction of sp³-hybridized carbons (Fsp3) is 1.00. The van der Waals surface area contributed by atoms with E-state index in [-0.39, 0.29) is 0 Å². The minimum atomic E-state index is -0.629. The van der Waals surface area contributed by atoms with Crippen molar-refractivity contribution in [1.82, 2.24) is 0 Å². The molecule has 0 bridgehead atoms. The number of aliphatic hydroxyl groups is 1. The summed E-state index contributed by atoms with van der Waals surface area (Å²) in [5.74, 6) is 0. The van der Waals surface area contributed by atoms with E-state index in [1.54, 1.807) is 0 Å². The van der Waals surface area contributed by atoms with Crippen molar-refractivity contribution in [3.05, 3.63) is 0 Å². The Morgan fingerprint density at radius 1 is 0.789 bits per heavy atom. The van der Waals surface area contributed by atoms with Crippen LogP contribution in [-0.2, 0) is 4.74 Å². The van der Waals surface area contributed by atoms with Crippen LogP contribution in [0.25, 0.3) is 0 Å². The maximum absolute atomic E-state index is 10.0. The minimum absolute atomic E-state index is 0.473. The molecule has 2 nitrogen and oxygen atoms in total. The predicted molar refractivity (Wildman–Crippen MR) is 83.6 cm³/mol. The summed E-state index contributed by atoms with van der Waals surface area (Å²) >= 11 is 0. The van der Waals surface area contributed by atoms with Crippen molar-refractivity contribution >= 4 is 0 Å². The number of unbranched alkanes of at least 4 members (excludes halogenated alkanes) is 9. The van der Waals surface area contributed by atoms with Crippen molar-refractivity contribution in [1.29, 1.82) is 0 Å². The first-order chi connectivity index (χ1) is 9.12. The number of hydrogen-bond acceptors (Lipinski definition) is 2. The number of ether oxygens (including phenoxy) is 1. The molecule has 0 aliphatic rings. The SMILES string of the molecule is CCCCCCCCCCCCC(C)(O)COCC. The van der Waals surface area contributed by atoms with Crippen molar-refractivity contribution in [2.45, 2.75) is 97.0 Å². The van der Waals surface area contributed by atoms with E-state index in [1.165, 1.54) is 57.8 Å². The molecular formula is C17H36O2. The molecule has 0 saturated heterocycles. The van der Waals surface area contributed by atoms with Gasteiger partial charge in [0.2, 0.25) is 0 Å². The third-order valence-electron chi connectivity index (χ3n) is 3.69. The molecule has 0 fully saturated rings. The van der Waals surface area contributed by atoms with E-state index in [0.29, 0.717) is 13.2 Å². The molecule has 0 aliphatic heterocycles. The van der Waals surface area contributed by atoms with Gasteiger partial charge >= 0.3 is 0 Å². The largest absolute Gasteiger partial charge is 0.388 e. The molecular weight excluding hydrogens is 236 g/mol. The molecule has 116 valence electrons. The van der Waals surface area contributed by atoms with Gasteiger partial charge in [-0.3, -0.25) is 0 Å². The summed E-state index contributed by atoms with van der Waals surface area (Å²) in [6.07, 6.45) is 14.3. The van der Waals surface area contributed by atoms with E-state index in [9.17, 15) is 5.11 Å². The minimum Gasteiger partial charge on any atom is -0.388 e. The first-order valence-electron chi connectivity index (χ1n) is 8.42. The van der Waals surface area contributed by atoms with Gasteiger partial charge in [-0.05, 0) is 20.3 Å². The predicted octanol–water partition coefficient (Wildman–Crippen LogP) is 5.08. The highest BCUT2D eigenvalue weighted by Gasteiger charge is 2.19. The van der Waals surface area contributed by atoms with Gasteiger partial charge in [0, 0.05) is 6.61 Å². The van der Waals surface area contributed by atoms with E-state index in [4.69, 9.17) is 4.74 Å². The molecule has 0 heterocycles. The average Bonchev–Trinajstić information content (AvgIpc) is 2.38. The van der Waals surface area contributed by atoms with Crippen LogP contribution >= 0.6 is 0 Å². The maximum atomic E-state index is 10.0. The molecule has 0 aliphatic carbocycles.